The molecule has 2 heterocycles. The van der Waals surface area contributed by atoms with Crippen molar-refractivity contribution in [2.45, 2.75) is 58.2 Å². The molecule has 1 aliphatic heterocycles. The molecule has 1 saturated heterocycles. The molecule has 1 aromatic heterocycles. The van der Waals surface area contributed by atoms with Gasteiger partial charge in [0.1, 0.15) is 5.60 Å². The third-order valence-electron chi connectivity index (χ3n) is 4.19. The quantitative estimate of drug-likeness (QED) is 0.837. The summed E-state index contributed by atoms with van der Waals surface area (Å²) in [4.78, 5) is 17.9. The highest BCUT2D eigenvalue weighted by atomic mass is 32.1. The Labute approximate surface area is 138 Å². The highest BCUT2D eigenvalue weighted by Crippen LogP contribution is 2.28. The number of likely N-dealkylation sites (tertiary alicyclic amines) is 1. The topological polar surface area (TPSA) is 32.8 Å². The first-order chi connectivity index (χ1) is 10.3. The van der Waals surface area contributed by atoms with Gasteiger partial charge in [0, 0.05) is 30.1 Å². The minimum Gasteiger partial charge on any atom is -0.444 e. The summed E-state index contributed by atoms with van der Waals surface area (Å²) in [6, 6.07) is 5.04. The summed E-state index contributed by atoms with van der Waals surface area (Å²) in [7, 11) is 2.16. The Morgan fingerprint density at radius 3 is 2.82 bits per heavy atom. The summed E-state index contributed by atoms with van der Waals surface area (Å²) in [5.74, 6) is 0. The Kier molecular flexibility index (Phi) is 5.50. The number of carbonyl (C=O) groups is 1. The van der Waals surface area contributed by atoms with Gasteiger partial charge in [-0.15, -0.1) is 11.3 Å². The van der Waals surface area contributed by atoms with Crippen molar-refractivity contribution in [2.24, 2.45) is 0 Å². The van der Waals surface area contributed by atoms with Gasteiger partial charge < -0.3 is 9.64 Å². The molecule has 0 aromatic carbocycles. The fourth-order valence-corrected chi connectivity index (χ4v) is 3.66. The molecule has 0 aliphatic carbocycles. The zero-order chi connectivity index (χ0) is 16.3. The Bertz CT molecular complexity index is 481. The first kappa shape index (κ1) is 17.3. The summed E-state index contributed by atoms with van der Waals surface area (Å²) in [6.07, 6.45) is 1.98. The van der Waals surface area contributed by atoms with Crippen LogP contribution in [0.2, 0.25) is 0 Å². The van der Waals surface area contributed by atoms with Gasteiger partial charge in [0.15, 0.2) is 0 Å². The number of hydrogen-bond acceptors (Lipinski definition) is 4. The molecule has 0 spiro atoms. The molecule has 4 nitrogen and oxygen atoms in total. The molecule has 0 bridgehead atoms. The maximum atomic E-state index is 12.3. The number of amides is 1. The minimum absolute atomic E-state index is 0.186. The average molecular weight is 324 g/mol. The maximum Gasteiger partial charge on any atom is 0.410 e. The van der Waals surface area contributed by atoms with Gasteiger partial charge >= 0.3 is 6.09 Å². The summed E-state index contributed by atoms with van der Waals surface area (Å²) in [5, 5.41) is 2.12. The van der Waals surface area contributed by atoms with Crippen LogP contribution >= 0.6 is 11.3 Å². The van der Waals surface area contributed by atoms with Crippen LogP contribution < -0.4 is 0 Å². The van der Waals surface area contributed by atoms with Crippen molar-refractivity contribution < 1.29 is 9.53 Å². The first-order valence-electron chi connectivity index (χ1n) is 8.01. The van der Waals surface area contributed by atoms with Gasteiger partial charge in [0.2, 0.25) is 0 Å². The Morgan fingerprint density at radius 2 is 2.23 bits per heavy atom. The van der Waals surface area contributed by atoms with Crippen LogP contribution in [0.1, 0.15) is 51.5 Å². The lowest BCUT2D eigenvalue weighted by Crippen LogP contribution is -2.50. The molecule has 22 heavy (non-hydrogen) atoms. The molecule has 1 aliphatic rings. The summed E-state index contributed by atoms with van der Waals surface area (Å²) >= 11 is 1.79. The molecule has 1 aromatic rings. The van der Waals surface area contributed by atoms with E-state index in [-0.39, 0.29) is 6.09 Å². The van der Waals surface area contributed by atoms with Gasteiger partial charge in [0.05, 0.1) is 0 Å². The molecule has 1 amide bonds. The fraction of sp³-hybridized carbons (Fsp3) is 0.706. The average Bonchev–Trinajstić information content (AvgIpc) is 2.98. The lowest BCUT2D eigenvalue weighted by Gasteiger charge is -2.40. The number of thiophene rings is 1. The van der Waals surface area contributed by atoms with Crippen molar-refractivity contribution in [3.05, 3.63) is 22.4 Å². The standard InChI is InChI=1S/C17H28N2O2S/c1-13(15-9-7-11-22-15)18(5)14-8-6-10-19(12-14)16(20)21-17(2,3)4/h7,9,11,13-14H,6,8,10,12H2,1-5H3. The largest absolute Gasteiger partial charge is 0.444 e. The molecule has 0 radical (unpaired) electrons. The normalized spacial score (nSPS) is 21.0. The summed E-state index contributed by atoms with van der Waals surface area (Å²) in [6.45, 7) is 9.53. The molecule has 1 fully saturated rings. The van der Waals surface area contributed by atoms with E-state index >= 15 is 0 Å². The van der Waals surface area contributed by atoms with Crippen LogP contribution in [-0.2, 0) is 4.74 Å². The van der Waals surface area contributed by atoms with Crippen LogP contribution in [0.25, 0.3) is 0 Å². The highest BCUT2D eigenvalue weighted by Gasteiger charge is 2.31. The molecule has 2 rings (SSSR count). The lowest BCUT2D eigenvalue weighted by molar-refractivity contribution is 0.00984. The van der Waals surface area contributed by atoms with E-state index in [1.165, 1.54) is 4.88 Å². The second-order valence-corrected chi connectivity index (χ2v) is 8.06. The second kappa shape index (κ2) is 7.01. The summed E-state index contributed by atoms with van der Waals surface area (Å²) < 4.78 is 5.51. The molecular formula is C17H28N2O2S. The smallest absolute Gasteiger partial charge is 0.410 e. The van der Waals surface area contributed by atoms with Crippen LogP contribution in [0, 0.1) is 0 Å². The number of nitrogens with zero attached hydrogens (tertiary/aromatic N) is 2. The highest BCUT2D eigenvalue weighted by molar-refractivity contribution is 7.10. The number of piperidine rings is 1. The second-order valence-electron chi connectivity index (χ2n) is 7.08. The molecule has 0 saturated carbocycles. The Balaban J connectivity index is 1.96. The number of hydrogen-bond donors (Lipinski definition) is 0. The van der Waals surface area contributed by atoms with Crippen molar-refractivity contribution in [1.29, 1.82) is 0 Å². The van der Waals surface area contributed by atoms with Crippen molar-refractivity contribution in [3.63, 3.8) is 0 Å². The molecule has 2 atom stereocenters. The SMILES string of the molecule is CC(c1cccs1)N(C)C1CCCN(C(=O)OC(C)(C)C)C1. The maximum absolute atomic E-state index is 12.3. The van der Waals surface area contributed by atoms with Crippen molar-refractivity contribution in [1.82, 2.24) is 9.80 Å². The summed E-state index contributed by atoms with van der Waals surface area (Å²) in [5.41, 5.74) is -0.430. The predicted molar refractivity (Wildman–Crippen MR) is 91.3 cm³/mol. The van der Waals surface area contributed by atoms with E-state index in [9.17, 15) is 4.79 Å². The van der Waals surface area contributed by atoms with Crippen molar-refractivity contribution in [3.8, 4) is 0 Å². The first-order valence-corrected chi connectivity index (χ1v) is 8.89. The molecular weight excluding hydrogens is 296 g/mol. The van der Waals surface area contributed by atoms with Crippen LogP contribution in [0.3, 0.4) is 0 Å². The van der Waals surface area contributed by atoms with Crippen LogP contribution in [0.4, 0.5) is 4.79 Å². The molecule has 124 valence electrons. The number of rotatable bonds is 3. The monoisotopic (exact) mass is 324 g/mol. The Morgan fingerprint density at radius 1 is 1.50 bits per heavy atom. The zero-order valence-corrected chi connectivity index (χ0v) is 15.2. The van der Waals surface area contributed by atoms with Gasteiger partial charge in [-0.1, -0.05) is 6.07 Å². The third kappa shape index (κ3) is 4.46. The van der Waals surface area contributed by atoms with Crippen molar-refractivity contribution in [2.75, 3.05) is 20.1 Å². The molecule has 0 N–H and O–H groups in total. The van der Waals surface area contributed by atoms with E-state index in [2.05, 4.69) is 36.4 Å². The number of carbonyl (C=O) groups excluding carboxylic acids is 1. The van der Waals surface area contributed by atoms with Crippen molar-refractivity contribution >= 4 is 17.4 Å². The van der Waals surface area contributed by atoms with Crippen LogP contribution in [-0.4, -0.2) is 47.7 Å². The van der Waals surface area contributed by atoms with E-state index in [1.807, 2.05) is 25.7 Å². The van der Waals surface area contributed by atoms with Gasteiger partial charge in [-0.05, 0) is 59.0 Å². The van der Waals surface area contributed by atoms with E-state index in [0.717, 1.165) is 25.9 Å². The van der Waals surface area contributed by atoms with Crippen LogP contribution in [0.15, 0.2) is 17.5 Å². The van der Waals surface area contributed by atoms with Gasteiger partial charge in [-0.25, -0.2) is 4.79 Å². The minimum atomic E-state index is -0.430. The molecule has 5 heteroatoms. The number of likely N-dealkylation sites (N-methyl/N-ethyl adjacent to an activating group) is 1. The van der Waals surface area contributed by atoms with E-state index in [1.54, 1.807) is 11.3 Å². The molecule has 2 unspecified atom stereocenters. The van der Waals surface area contributed by atoms with Gasteiger partial charge in [0.25, 0.3) is 0 Å². The lowest BCUT2D eigenvalue weighted by atomic mass is 10.0. The van der Waals surface area contributed by atoms with E-state index < -0.39 is 5.60 Å². The fourth-order valence-electron chi connectivity index (χ4n) is 2.83. The van der Waals surface area contributed by atoms with E-state index in [0.29, 0.717) is 12.1 Å². The number of ether oxygens (including phenoxy) is 1. The van der Waals surface area contributed by atoms with Gasteiger partial charge in [-0.3, -0.25) is 4.90 Å². The van der Waals surface area contributed by atoms with E-state index in [4.69, 9.17) is 4.74 Å². The van der Waals surface area contributed by atoms with Crippen LogP contribution in [0.5, 0.6) is 0 Å². The Hall–Kier alpha value is -1.07. The third-order valence-corrected chi connectivity index (χ3v) is 5.23. The van der Waals surface area contributed by atoms with Gasteiger partial charge in [-0.2, -0.15) is 0 Å². The zero-order valence-electron chi connectivity index (χ0n) is 14.3. The predicted octanol–water partition coefficient (Wildman–Crippen LogP) is 4.14.